The van der Waals surface area contributed by atoms with Gasteiger partial charge in [-0.05, 0) is 47.2 Å². The molecule has 0 radical (unpaired) electrons. The zero-order chi connectivity index (χ0) is 33.2. The van der Waals surface area contributed by atoms with Gasteiger partial charge in [0.25, 0.3) is 0 Å². The van der Waals surface area contributed by atoms with Gasteiger partial charge in [-0.1, -0.05) is 121 Å². The molecule has 0 atom stereocenters. The normalized spacial score (nSPS) is 11.6. The van der Waals surface area contributed by atoms with E-state index in [0.29, 0.717) is 22.8 Å². The molecule has 0 N–H and O–H groups in total. The van der Waals surface area contributed by atoms with Crippen LogP contribution in [0.4, 0.5) is 0 Å². The lowest BCUT2D eigenvalue weighted by molar-refractivity contribution is 1.16. The Morgan fingerprint density at radius 1 is 0.540 bits per heavy atom. The molecule has 0 aliphatic carbocycles. The second kappa shape index (κ2) is 11.2. The van der Waals surface area contributed by atoms with Crippen LogP contribution in [0.5, 0.6) is 0 Å². The minimum Gasteiger partial charge on any atom is -0.309 e. The summed E-state index contributed by atoms with van der Waals surface area (Å²) in [7, 11) is 0. The zero-order valence-corrected chi connectivity index (χ0v) is 27.5. The fraction of sp³-hybridized carbons (Fsp3) is 0. The van der Waals surface area contributed by atoms with Gasteiger partial charge in [0.1, 0.15) is 11.6 Å². The van der Waals surface area contributed by atoms with Gasteiger partial charge in [-0.2, -0.15) is 5.26 Å². The maximum absolute atomic E-state index is 11.2. The van der Waals surface area contributed by atoms with Crippen molar-refractivity contribution >= 4 is 64.1 Å². The monoisotopic (exact) mass is 654 g/mol. The highest BCUT2D eigenvalue weighted by atomic mass is 32.1. The molecule has 3 aromatic heterocycles. The standard InChI is InChI=1S/C45H26N4S/c46-27-37-41(31-24-23-28-13-7-8-16-30(28)25-31)47-45(29-14-3-1-4-15-29)48-42(37)40-43-35(26-36-34-20-10-12-22-39(34)50-44(36)40)33-19-9-11-21-38(33)49(43)32-17-5-2-6-18-32/h1-26H. The number of nitriles is 1. The van der Waals surface area contributed by atoms with Crippen LogP contribution in [0.1, 0.15) is 5.56 Å². The Balaban J connectivity index is 1.43. The van der Waals surface area contributed by atoms with E-state index in [1.165, 1.54) is 10.1 Å². The van der Waals surface area contributed by atoms with Crippen molar-refractivity contribution in [1.29, 1.82) is 5.26 Å². The van der Waals surface area contributed by atoms with E-state index in [-0.39, 0.29) is 0 Å². The van der Waals surface area contributed by atoms with Crippen molar-refractivity contribution in [3.8, 4) is 45.7 Å². The molecule has 0 spiro atoms. The van der Waals surface area contributed by atoms with Crippen LogP contribution in [0.25, 0.3) is 92.3 Å². The Morgan fingerprint density at radius 2 is 1.22 bits per heavy atom. The van der Waals surface area contributed by atoms with Crippen LogP contribution >= 0.6 is 11.3 Å². The number of thiophene rings is 1. The number of benzene rings is 7. The van der Waals surface area contributed by atoms with Gasteiger partial charge in [-0.25, -0.2) is 9.97 Å². The highest BCUT2D eigenvalue weighted by Gasteiger charge is 2.27. The summed E-state index contributed by atoms with van der Waals surface area (Å²) < 4.78 is 4.63. The number of hydrogen-bond donors (Lipinski definition) is 0. The molecule has 5 heteroatoms. The van der Waals surface area contributed by atoms with Crippen molar-refractivity contribution in [1.82, 2.24) is 14.5 Å². The third-order valence-electron chi connectivity index (χ3n) is 9.63. The Kier molecular flexibility index (Phi) is 6.38. The molecule has 232 valence electrons. The first-order valence-corrected chi connectivity index (χ1v) is 17.4. The Labute approximate surface area is 291 Å². The topological polar surface area (TPSA) is 54.5 Å². The van der Waals surface area contributed by atoms with E-state index in [1.54, 1.807) is 11.3 Å². The van der Waals surface area contributed by atoms with Crippen LogP contribution < -0.4 is 0 Å². The van der Waals surface area contributed by atoms with Crippen molar-refractivity contribution in [3.63, 3.8) is 0 Å². The molecular formula is C45H26N4S. The maximum atomic E-state index is 11.2. The summed E-state index contributed by atoms with van der Waals surface area (Å²) in [6.45, 7) is 0. The minimum atomic E-state index is 0.455. The molecule has 10 rings (SSSR count). The van der Waals surface area contributed by atoms with E-state index in [9.17, 15) is 5.26 Å². The molecule has 0 bridgehead atoms. The number of para-hydroxylation sites is 2. The second-order valence-corrected chi connectivity index (χ2v) is 13.5. The second-order valence-electron chi connectivity index (χ2n) is 12.5. The van der Waals surface area contributed by atoms with Gasteiger partial charge >= 0.3 is 0 Å². The first-order valence-electron chi connectivity index (χ1n) is 16.6. The molecule has 0 aliphatic rings. The van der Waals surface area contributed by atoms with Crippen LogP contribution in [0.15, 0.2) is 158 Å². The first kappa shape index (κ1) is 28.4. The van der Waals surface area contributed by atoms with Gasteiger partial charge < -0.3 is 4.57 Å². The first-order chi connectivity index (χ1) is 24.8. The molecule has 0 fully saturated rings. The number of nitrogens with zero attached hydrogens (tertiary/aromatic N) is 4. The summed E-state index contributed by atoms with van der Waals surface area (Å²) in [5, 5.41) is 18.0. The molecule has 0 saturated heterocycles. The Hall–Kier alpha value is -6.61. The third kappa shape index (κ3) is 4.29. The highest BCUT2D eigenvalue weighted by molar-refractivity contribution is 7.26. The molecule has 50 heavy (non-hydrogen) atoms. The Bertz CT molecular complexity index is 2990. The van der Waals surface area contributed by atoms with Gasteiger partial charge in [-0.15, -0.1) is 11.3 Å². The molecule has 3 heterocycles. The molecule has 7 aromatic carbocycles. The highest BCUT2D eigenvalue weighted by Crippen LogP contribution is 2.48. The van der Waals surface area contributed by atoms with E-state index < -0.39 is 0 Å². The lowest BCUT2D eigenvalue weighted by atomic mass is 9.95. The Morgan fingerprint density at radius 3 is 2.04 bits per heavy atom. The van der Waals surface area contributed by atoms with E-state index >= 15 is 0 Å². The van der Waals surface area contributed by atoms with Crippen LogP contribution in [0.2, 0.25) is 0 Å². The molecule has 4 nitrogen and oxygen atoms in total. The third-order valence-corrected chi connectivity index (χ3v) is 10.8. The summed E-state index contributed by atoms with van der Waals surface area (Å²) in [6.07, 6.45) is 0. The van der Waals surface area contributed by atoms with Crippen LogP contribution in [0, 0.1) is 11.3 Å². The lowest BCUT2D eigenvalue weighted by Gasteiger charge is -2.16. The van der Waals surface area contributed by atoms with Crippen molar-refractivity contribution in [3.05, 3.63) is 163 Å². The van der Waals surface area contributed by atoms with Gasteiger partial charge in [0.15, 0.2) is 5.82 Å². The zero-order valence-electron chi connectivity index (χ0n) is 26.7. The molecule has 0 unspecified atom stereocenters. The summed E-state index contributed by atoms with van der Waals surface area (Å²) in [5.74, 6) is 0.580. The lowest BCUT2D eigenvalue weighted by Crippen LogP contribution is -2.03. The molecule has 10 aromatic rings. The van der Waals surface area contributed by atoms with Gasteiger partial charge in [-0.3, -0.25) is 0 Å². The van der Waals surface area contributed by atoms with Crippen LogP contribution in [0.3, 0.4) is 0 Å². The minimum absolute atomic E-state index is 0.455. The maximum Gasteiger partial charge on any atom is 0.160 e. The molecule has 0 aliphatic heterocycles. The number of hydrogen-bond acceptors (Lipinski definition) is 4. The largest absolute Gasteiger partial charge is 0.309 e. The van der Waals surface area contributed by atoms with Gasteiger partial charge in [0.05, 0.1) is 22.4 Å². The summed E-state index contributed by atoms with van der Waals surface area (Å²) in [6, 6.07) is 57.2. The quantitative estimate of drug-likeness (QED) is 0.190. The van der Waals surface area contributed by atoms with Crippen molar-refractivity contribution in [2.75, 3.05) is 0 Å². The van der Waals surface area contributed by atoms with Gasteiger partial charge in [0, 0.05) is 53.3 Å². The number of rotatable bonds is 4. The summed E-state index contributed by atoms with van der Waals surface area (Å²) in [5.41, 5.74) is 7.59. The molecular weight excluding hydrogens is 629 g/mol. The van der Waals surface area contributed by atoms with Crippen molar-refractivity contribution in [2.45, 2.75) is 0 Å². The van der Waals surface area contributed by atoms with Crippen LogP contribution in [-0.4, -0.2) is 14.5 Å². The fourth-order valence-corrected chi connectivity index (χ4v) is 8.61. The molecule has 0 amide bonds. The van der Waals surface area contributed by atoms with Crippen LogP contribution in [-0.2, 0) is 0 Å². The van der Waals surface area contributed by atoms with Gasteiger partial charge in [0.2, 0.25) is 0 Å². The van der Waals surface area contributed by atoms with E-state index in [1.807, 2.05) is 48.5 Å². The molecule has 0 saturated carbocycles. The van der Waals surface area contributed by atoms with E-state index in [0.717, 1.165) is 65.0 Å². The fourth-order valence-electron chi connectivity index (χ4n) is 7.38. The average Bonchev–Trinajstić information content (AvgIpc) is 3.72. The average molecular weight is 655 g/mol. The summed E-state index contributed by atoms with van der Waals surface area (Å²) >= 11 is 1.75. The SMILES string of the molecule is N#Cc1c(-c2ccc3ccccc3c2)nc(-c2ccccc2)nc1-c1c2sc3ccccc3c2cc2c3ccccc3n(-c3ccccc3)c12. The number of aromatic nitrogens is 3. The van der Waals surface area contributed by atoms with E-state index in [2.05, 4.69) is 120 Å². The van der Waals surface area contributed by atoms with E-state index in [4.69, 9.17) is 9.97 Å². The van der Waals surface area contributed by atoms with Crippen molar-refractivity contribution in [2.24, 2.45) is 0 Å². The van der Waals surface area contributed by atoms with Crippen molar-refractivity contribution < 1.29 is 0 Å². The predicted octanol–water partition coefficient (Wildman–Crippen LogP) is 12.0. The predicted molar refractivity (Wildman–Crippen MR) is 208 cm³/mol. The number of fused-ring (bicyclic) bond motifs is 7. The smallest absolute Gasteiger partial charge is 0.160 e. The summed E-state index contributed by atoms with van der Waals surface area (Å²) in [4.78, 5) is 10.5.